The SMILES string of the molecule is NC1(C2CCCC2c2ccccc2)CC1. The molecule has 2 aliphatic carbocycles. The fraction of sp³-hybridized carbons (Fsp3) is 0.571. The average molecular weight is 201 g/mol. The third-order valence-corrected chi connectivity index (χ3v) is 4.31. The van der Waals surface area contributed by atoms with Crippen molar-refractivity contribution in [2.75, 3.05) is 0 Å². The van der Waals surface area contributed by atoms with Gasteiger partial charge in [-0.25, -0.2) is 0 Å². The standard InChI is InChI=1S/C14H19N/c15-14(9-10-14)13-8-4-7-12(13)11-5-2-1-3-6-11/h1-3,5-6,12-13H,4,7-10,15H2. The summed E-state index contributed by atoms with van der Waals surface area (Å²) < 4.78 is 0. The van der Waals surface area contributed by atoms with Gasteiger partial charge < -0.3 is 5.73 Å². The molecule has 0 spiro atoms. The van der Waals surface area contributed by atoms with Gasteiger partial charge in [0.1, 0.15) is 0 Å². The van der Waals surface area contributed by atoms with Crippen LogP contribution in [0.25, 0.3) is 0 Å². The van der Waals surface area contributed by atoms with Crippen LogP contribution < -0.4 is 5.73 Å². The van der Waals surface area contributed by atoms with Crippen LogP contribution in [0.4, 0.5) is 0 Å². The molecule has 1 nitrogen and oxygen atoms in total. The first-order chi connectivity index (χ1) is 7.30. The van der Waals surface area contributed by atoms with Crippen LogP contribution in [0.2, 0.25) is 0 Å². The van der Waals surface area contributed by atoms with Crippen molar-refractivity contribution in [3.05, 3.63) is 35.9 Å². The number of benzene rings is 1. The van der Waals surface area contributed by atoms with Crippen molar-refractivity contribution in [2.24, 2.45) is 11.7 Å². The van der Waals surface area contributed by atoms with E-state index in [0.29, 0.717) is 0 Å². The maximum Gasteiger partial charge on any atom is 0.0190 e. The molecular formula is C14H19N. The maximum absolute atomic E-state index is 6.38. The molecule has 2 saturated carbocycles. The fourth-order valence-electron chi connectivity index (χ4n) is 3.26. The van der Waals surface area contributed by atoms with Crippen LogP contribution >= 0.6 is 0 Å². The van der Waals surface area contributed by atoms with Crippen molar-refractivity contribution in [2.45, 2.75) is 43.6 Å². The molecule has 0 saturated heterocycles. The van der Waals surface area contributed by atoms with Crippen LogP contribution in [-0.2, 0) is 0 Å². The van der Waals surface area contributed by atoms with Gasteiger partial charge in [0.05, 0.1) is 0 Å². The van der Waals surface area contributed by atoms with E-state index in [2.05, 4.69) is 30.3 Å². The second-order valence-corrected chi connectivity index (χ2v) is 5.29. The predicted octanol–water partition coefficient (Wildman–Crippen LogP) is 3.06. The molecule has 0 radical (unpaired) electrons. The van der Waals surface area contributed by atoms with Gasteiger partial charge in [-0.15, -0.1) is 0 Å². The molecule has 1 heteroatoms. The first-order valence-corrected chi connectivity index (χ1v) is 6.13. The van der Waals surface area contributed by atoms with Gasteiger partial charge in [0.15, 0.2) is 0 Å². The zero-order chi connectivity index (χ0) is 10.3. The Balaban J connectivity index is 1.86. The Kier molecular flexibility index (Phi) is 2.10. The number of nitrogens with two attached hydrogens (primary N) is 1. The summed E-state index contributed by atoms with van der Waals surface area (Å²) in [6, 6.07) is 11.0. The van der Waals surface area contributed by atoms with E-state index in [-0.39, 0.29) is 5.54 Å². The van der Waals surface area contributed by atoms with Crippen LogP contribution in [0.1, 0.15) is 43.6 Å². The van der Waals surface area contributed by atoms with E-state index >= 15 is 0 Å². The second-order valence-electron chi connectivity index (χ2n) is 5.29. The van der Waals surface area contributed by atoms with Gasteiger partial charge in [0.25, 0.3) is 0 Å². The second kappa shape index (κ2) is 3.34. The highest BCUT2D eigenvalue weighted by Crippen LogP contribution is 2.53. The largest absolute Gasteiger partial charge is 0.325 e. The summed E-state index contributed by atoms with van der Waals surface area (Å²) in [5.74, 6) is 1.48. The van der Waals surface area contributed by atoms with Gasteiger partial charge >= 0.3 is 0 Å². The third-order valence-electron chi connectivity index (χ3n) is 4.31. The summed E-state index contributed by atoms with van der Waals surface area (Å²) in [7, 11) is 0. The highest BCUT2D eigenvalue weighted by molar-refractivity contribution is 5.24. The Hall–Kier alpha value is -0.820. The van der Waals surface area contributed by atoms with Gasteiger partial charge in [-0.05, 0) is 43.1 Å². The first kappa shape index (κ1) is 9.41. The van der Waals surface area contributed by atoms with E-state index in [1.54, 1.807) is 0 Å². The third kappa shape index (κ3) is 1.59. The van der Waals surface area contributed by atoms with E-state index in [9.17, 15) is 0 Å². The molecule has 0 heterocycles. The van der Waals surface area contributed by atoms with Crippen LogP contribution in [0.15, 0.2) is 30.3 Å². The monoisotopic (exact) mass is 201 g/mol. The van der Waals surface area contributed by atoms with Crippen molar-refractivity contribution >= 4 is 0 Å². The van der Waals surface area contributed by atoms with Gasteiger partial charge in [0, 0.05) is 5.54 Å². The van der Waals surface area contributed by atoms with E-state index in [1.807, 2.05) is 0 Å². The molecule has 3 rings (SSSR count). The maximum atomic E-state index is 6.38. The molecule has 80 valence electrons. The molecule has 0 aliphatic heterocycles. The summed E-state index contributed by atoms with van der Waals surface area (Å²) >= 11 is 0. The van der Waals surface area contributed by atoms with Crippen molar-refractivity contribution < 1.29 is 0 Å². The predicted molar refractivity (Wildman–Crippen MR) is 62.7 cm³/mol. The molecular weight excluding hydrogens is 182 g/mol. The van der Waals surface area contributed by atoms with Crippen LogP contribution in [0.5, 0.6) is 0 Å². The summed E-state index contributed by atoms with van der Waals surface area (Å²) in [5, 5.41) is 0. The van der Waals surface area contributed by atoms with Crippen molar-refractivity contribution in [3.8, 4) is 0 Å². The van der Waals surface area contributed by atoms with Crippen molar-refractivity contribution in [3.63, 3.8) is 0 Å². The lowest BCUT2D eigenvalue weighted by Crippen LogP contribution is -2.33. The summed E-state index contributed by atoms with van der Waals surface area (Å²) in [6.45, 7) is 0. The lowest BCUT2D eigenvalue weighted by atomic mass is 9.83. The number of rotatable bonds is 2. The highest BCUT2D eigenvalue weighted by Gasteiger charge is 2.50. The molecule has 0 aromatic heterocycles. The molecule has 0 bridgehead atoms. The van der Waals surface area contributed by atoms with Crippen molar-refractivity contribution in [1.29, 1.82) is 0 Å². The first-order valence-electron chi connectivity index (χ1n) is 6.13. The lowest BCUT2D eigenvalue weighted by Gasteiger charge is -2.25. The van der Waals surface area contributed by atoms with Crippen LogP contribution in [-0.4, -0.2) is 5.54 Å². The molecule has 1 aromatic rings. The Bertz CT molecular complexity index is 340. The number of hydrogen-bond acceptors (Lipinski definition) is 1. The fourth-order valence-corrected chi connectivity index (χ4v) is 3.26. The van der Waals surface area contributed by atoms with E-state index in [0.717, 1.165) is 11.8 Å². The lowest BCUT2D eigenvalue weighted by molar-refractivity contribution is 0.374. The van der Waals surface area contributed by atoms with Crippen LogP contribution in [0.3, 0.4) is 0 Å². The molecule has 2 fully saturated rings. The topological polar surface area (TPSA) is 26.0 Å². The highest BCUT2D eigenvalue weighted by atomic mass is 14.8. The Morgan fingerprint density at radius 2 is 1.80 bits per heavy atom. The smallest absolute Gasteiger partial charge is 0.0190 e. The minimum absolute atomic E-state index is 0.205. The molecule has 2 N–H and O–H groups in total. The minimum atomic E-state index is 0.205. The summed E-state index contributed by atoms with van der Waals surface area (Å²) in [5.41, 5.74) is 8.10. The number of hydrogen-bond donors (Lipinski definition) is 1. The van der Waals surface area contributed by atoms with E-state index < -0.39 is 0 Å². The quantitative estimate of drug-likeness (QED) is 0.782. The average Bonchev–Trinajstić information content (AvgIpc) is 2.85. The van der Waals surface area contributed by atoms with Crippen molar-refractivity contribution in [1.82, 2.24) is 0 Å². The Morgan fingerprint density at radius 1 is 1.07 bits per heavy atom. The molecule has 2 atom stereocenters. The summed E-state index contributed by atoms with van der Waals surface area (Å²) in [6.07, 6.45) is 6.55. The molecule has 0 amide bonds. The van der Waals surface area contributed by atoms with Gasteiger partial charge in [-0.1, -0.05) is 36.8 Å². The normalized spacial score (nSPS) is 32.9. The zero-order valence-electron chi connectivity index (χ0n) is 9.15. The zero-order valence-corrected chi connectivity index (χ0v) is 9.15. The van der Waals surface area contributed by atoms with Gasteiger partial charge in [-0.3, -0.25) is 0 Å². The molecule has 2 unspecified atom stereocenters. The Labute approximate surface area is 91.7 Å². The Morgan fingerprint density at radius 3 is 2.47 bits per heavy atom. The molecule has 1 aromatic carbocycles. The van der Waals surface area contributed by atoms with Crippen LogP contribution in [0, 0.1) is 5.92 Å². The van der Waals surface area contributed by atoms with Gasteiger partial charge in [-0.2, -0.15) is 0 Å². The van der Waals surface area contributed by atoms with Gasteiger partial charge in [0.2, 0.25) is 0 Å². The molecule has 2 aliphatic rings. The van der Waals surface area contributed by atoms with E-state index in [1.165, 1.54) is 37.7 Å². The molecule has 15 heavy (non-hydrogen) atoms. The minimum Gasteiger partial charge on any atom is -0.325 e. The van der Waals surface area contributed by atoms with E-state index in [4.69, 9.17) is 5.73 Å². The summed E-state index contributed by atoms with van der Waals surface area (Å²) in [4.78, 5) is 0.